The second kappa shape index (κ2) is 1.73. The van der Waals surface area contributed by atoms with Crippen LogP contribution in [0.2, 0.25) is 0 Å². The van der Waals surface area contributed by atoms with Crippen LogP contribution in [0.1, 0.15) is 0 Å². The number of nitro groups is 1. The van der Waals surface area contributed by atoms with Gasteiger partial charge in [-0.2, -0.15) is 0 Å². The molecule has 0 bridgehead atoms. The molecule has 8 heavy (non-hydrogen) atoms. The number of hydrogen-bond donors (Lipinski definition) is 0. The first-order valence-corrected chi connectivity index (χ1v) is 2.14. The van der Waals surface area contributed by atoms with Crippen molar-refractivity contribution in [2.75, 3.05) is 0 Å². The van der Waals surface area contributed by atoms with Crippen LogP contribution in [-0.2, 0) is 0 Å². The first-order valence-electron chi connectivity index (χ1n) is 2.14. The number of aliphatic imine (C=N–C) groups is 1. The molecular weight excluding hydrogens is 108 g/mol. The van der Waals surface area contributed by atoms with Gasteiger partial charge in [-0.05, 0) is 0 Å². The molecule has 0 saturated carbocycles. The van der Waals surface area contributed by atoms with Gasteiger partial charge in [-0.3, -0.25) is 15.1 Å². The van der Waals surface area contributed by atoms with E-state index >= 15 is 0 Å². The van der Waals surface area contributed by atoms with Gasteiger partial charge in [-0.1, -0.05) is 0 Å². The van der Waals surface area contributed by atoms with E-state index in [1.807, 2.05) is 0 Å². The van der Waals surface area contributed by atoms with Gasteiger partial charge in [-0.15, -0.1) is 0 Å². The summed E-state index contributed by atoms with van der Waals surface area (Å²) >= 11 is 0. The molecule has 1 aliphatic rings. The molecule has 0 radical (unpaired) electrons. The van der Waals surface area contributed by atoms with Crippen LogP contribution in [0.4, 0.5) is 0 Å². The lowest BCUT2D eigenvalue weighted by molar-refractivity contribution is -0.488. The van der Waals surface area contributed by atoms with Gasteiger partial charge in [0, 0.05) is 17.2 Å². The van der Waals surface area contributed by atoms with Crippen LogP contribution < -0.4 is 0 Å². The van der Waals surface area contributed by atoms with Gasteiger partial charge in [-0.25, -0.2) is 0 Å². The summed E-state index contributed by atoms with van der Waals surface area (Å²) in [5.74, 6) is 0. The van der Waals surface area contributed by atoms with Crippen LogP contribution in [0.5, 0.6) is 0 Å². The summed E-state index contributed by atoms with van der Waals surface area (Å²) in [7, 11) is 0. The molecule has 42 valence electrons. The molecule has 4 heteroatoms. The Morgan fingerprint density at radius 3 is 2.75 bits per heavy atom. The van der Waals surface area contributed by atoms with Crippen molar-refractivity contribution in [3.63, 3.8) is 0 Å². The van der Waals surface area contributed by atoms with Crippen molar-refractivity contribution in [3.05, 3.63) is 22.4 Å². The summed E-state index contributed by atoms with van der Waals surface area (Å²) in [6, 6.07) is -0.685. The molecule has 4 nitrogen and oxygen atoms in total. The lowest BCUT2D eigenvalue weighted by Crippen LogP contribution is -2.15. The van der Waals surface area contributed by atoms with E-state index in [1.165, 1.54) is 18.5 Å². The van der Waals surface area contributed by atoms with E-state index in [1.54, 1.807) is 0 Å². The molecule has 1 atom stereocenters. The Balaban J connectivity index is 2.62. The number of hydrogen-bond acceptors (Lipinski definition) is 3. The minimum Gasteiger partial charge on any atom is -0.264 e. The van der Waals surface area contributed by atoms with Gasteiger partial charge in [0.1, 0.15) is 0 Å². The fraction of sp³-hybridized carbons (Fsp3) is 0.250. The zero-order chi connectivity index (χ0) is 5.98. The standard InChI is InChI=1S/C4H4N2O2/c7-6(8)4-1-2-5-3-4/h1-4H. The molecule has 0 aliphatic carbocycles. The third-order valence-electron chi connectivity index (χ3n) is 0.852. The summed E-state index contributed by atoms with van der Waals surface area (Å²) in [5.41, 5.74) is 0. The molecule has 0 aromatic heterocycles. The predicted molar refractivity (Wildman–Crippen MR) is 28.4 cm³/mol. The van der Waals surface area contributed by atoms with Crippen molar-refractivity contribution >= 4 is 6.21 Å². The minimum atomic E-state index is -0.685. The van der Waals surface area contributed by atoms with E-state index in [0.29, 0.717) is 0 Å². The molecule has 0 aromatic carbocycles. The van der Waals surface area contributed by atoms with Crippen LogP contribution >= 0.6 is 0 Å². The maximum Gasteiger partial charge on any atom is 0.267 e. The van der Waals surface area contributed by atoms with Crippen molar-refractivity contribution < 1.29 is 4.92 Å². The molecule has 0 fully saturated rings. The lowest BCUT2D eigenvalue weighted by atomic mass is 10.4. The normalized spacial score (nSPS) is 24.2. The first-order chi connectivity index (χ1) is 3.80. The highest BCUT2D eigenvalue weighted by Gasteiger charge is 2.14. The van der Waals surface area contributed by atoms with Crippen molar-refractivity contribution in [1.29, 1.82) is 0 Å². The number of nitrogens with zero attached hydrogens (tertiary/aromatic N) is 2. The average molecular weight is 112 g/mol. The number of rotatable bonds is 1. The SMILES string of the molecule is O=[N+]([O-])C1C=CN=C1. The monoisotopic (exact) mass is 112 g/mol. The third-order valence-corrected chi connectivity index (χ3v) is 0.852. The second-order valence-electron chi connectivity index (χ2n) is 1.42. The van der Waals surface area contributed by atoms with Crippen LogP contribution in [0.15, 0.2) is 17.3 Å². The fourth-order valence-electron chi connectivity index (χ4n) is 0.450. The zero-order valence-electron chi connectivity index (χ0n) is 4.02. The molecule has 1 aliphatic heterocycles. The van der Waals surface area contributed by atoms with E-state index in [0.717, 1.165) is 0 Å². The van der Waals surface area contributed by atoms with Gasteiger partial charge in [0.05, 0.1) is 6.21 Å². The average Bonchev–Trinajstić information content (AvgIpc) is 2.12. The Morgan fingerprint density at radius 1 is 1.75 bits per heavy atom. The molecule has 0 N–H and O–H groups in total. The maximum atomic E-state index is 9.86. The molecule has 0 saturated heterocycles. The Hall–Kier alpha value is -1.19. The molecule has 0 spiro atoms. The van der Waals surface area contributed by atoms with Gasteiger partial charge in [0.2, 0.25) is 0 Å². The first kappa shape index (κ1) is 4.96. The Labute approximate surface area is 45.7 Å². The summed E-state index contributed by atoms with van der Waals surface area (Å²) < 4.78 is 0. The molecular formula is C4H4N2O2. The van der Waals surface area contributed by atoms with Crippen molar-refractivity contribution in [2.45, 2.75) is 6.04 Å². The molecule has 0 aromatic rings. The van der Waals surface area contributed by atoms with Crippen molar-refractivity contribution in [1.82, 2.24) is 0 Å². The molecule has 0 amide bonds. The van der Waals surface area contributed by atoms with Gasteiger partial charge >= 0.3 is 0 Å². The fourth-order valence-corrected chi connectivity index (χ4v) is 0.450. The smallest absolute Gasteiger partial charge is 0.264 e. The van der Waals surface area contributed by atoms with E-state index < -0.39 is 11.0 Å². The van der Waals surface area contributed by atoms with Crippen LogP contribution in [0.3, 0.4) is 0 Å². The van der Waals surface area contributed by atoms with Gasteiger partial charge in [0.25, 0.3) is 6.04 Å². The highest BCUT2D eigenvalue weighted by molar-refractivity contribution is 5.68. The lowest BCUT2D eigenvalue weighted by Gasteiger charge is -1.88. The topological polar surface area (TPSA) is 55.5 Å². The van der Waals surface area contributed by atoms with E-state index in [9.17, 15) is 10.1 Å². The van der Waals surface area contributed by atoms with Gasteiger partial charge in [0.15, 0.2) is 0 Å². The molecule has 1 unspecified atom stereocenters. The van der Waals surface area contributed by atoms with Crippen LogP contribution in [-0.4, -0.2) is 17.2 Å². The van der Waals surface area contributed by atoms with E-state index in [-0.39, 0.29) is 0 Å². The summed E-state index contributed by atoms with van der Waals surface area (Å²) in [6.45, 7) is 0. The highest BCUT2D eigenvalue weighted by atomic mass is 16.6. The Kier molecular flexibility index (Phi) is 1.07. The largest absolute Gasteiger partial charge is 0.267 e. The predicted octanol–water partition coefficient (Wildman–Crippen LogP) is 0.230. The van der Waals surface area contributed by atoms with Crippen molar-refractivity contribution in [3.8, 4) is 0 Å². The van der Waals surface area contributed by atoms with Crippen LogP contribution in [0.25, 0.3) is 0 Å². The summed E-state index contributed by atoms with van der Waals surface area (Å²) in [5, 5.41) is 9.86. The third kappa shape index (κ3) is 0.726. The van der Waals surface area contributed by atoms with E-state index in [2.05, 4.69) is 4.99 Å². The minimum absolute atomic E-state index is 0.396. The summed E-state index contributed by atoms with van der Waals surface area (Å²) in [6.07, 6.45) is 4.15. The maximum absolute atomic E-state index is 9.86. The highest BCUT2D eigenvalue weighted by Crippen LogP contribution is 1.95. The van der Waals surface area contributed by atoms with E-state index in [4.69, 9.17) is 0 Å². The Morgan fingerprint density at radius 2 is 2.50 bits per heavy atom. The summed E-state index contributed by atoms with van der Waals surface area (Å²) in [4.78, 5) is 13.0. The zero-order valence-corrected chi connectivity index (χ0v) is 4.02. The molecule has 1 rings (SSSR count). The molecule has 1 heterocycles. The van der Waals surface area contributed by atoms with Gasteiger partial charge < -0.3 is 0 Å². The Bertz CT molecular complexity index is 149. The quantitative estimate of drug-likeness (QED) is 0.360. The van der Waals surface area contributed by atoms with Crippen LogP contribution in [0, 0.1) is 10.1 Å². The van der Waals surface area contributed by atoms with Crippen molar-refractivity contribution in [2.24, 2.45) is 4.99 Å². The second-order valence-corrected chi connectivity index (χ2v) is 1.42.